The first-order valence-electron chi connectivity index (χ1n) is 16.3. The molecule has 0 aliphatic carbocycles. The van der Waals surface area contributed by atoms with Crippen molar-refractivity contribution in [2.75, 3.05) is 0 Å². The molecule has 0 unspecified atom stereocenters. The summed E-state index contributed by atoms with van der Waals surface area (Å²) in [5.41, 5.74) is 10.6. The van der Waals surface area contributed by atoms with Crippen LogP contribution in [0.5, 0.6) is 0 Å². The van der Waals surface area contributed by atoms with Gasteiger partial charge in [0.25, 0.3) is 0 Å². The van der Waals surface area contributed by atoms with Gasteiger partial charge in [0.05, 0.1) is 62.7 Å². The highest BCUT2D eigenvalue weighted by Crippen LogP contribution is 2.40. The summed E-state index contributed by atoms with van der Waals surface area (Å²) in [6, 6.07) is 57.7. The molecule has 9 rings (SSSR count). The highest BCUT2D eigenvalue weighted by Gasteiger charge is 2.21. The Morgan fingerprint density at radius 1 is 0.400 bits per heavy atom. The van der Waals surface area contributed by atoms with E-state index >= 15 is 0 Å². The number of nitriles is 3. The molecule has 0 spiro atoms. The van der Waals surface area contributed by atoms with Gasteiger partial charge in [0, 0.05) is 38.4 Å². The molecule has 0 saturated carbocycles. The van der Waals surface area contributed by atoms with Crippen molar-refractivity contribution in [2.45, 2.75) is 0 Å². The Labute approximate surface area is 287 Å². The Bertz CT molecular complexity index is 2870. The molecule has 2 aromatic heterocycles. The first-order chi connectivity index (χ1) is 24.7. The van der Waals surface area contributed by atoms with Crippen LogP contribution in [0.3, 0.4) is 0 Å². The van der Waals surface area contributed by atoms with E-state index < -0.39 is 0 Å². The van der Waals surface area contributed by atoms with Crippen molar-refractivity contribution in [2.24, 2.45) is 0 Å². The highest BCUT2D eigenvalue weighted by atomic mass is 15.0. The Morgan fingerprint density at radius 2 is 0.920 bits per heavy atom. The number of hydrogen-bond acceptors (Lipinski definition) is 3. The molecule has 0 aliphatic rings. The molecule has 2 heterocycles. The molecule has 0 bridgehead atoms. The summed E-state index contributed by atoms with van der Waals surface area (Å²) in [4.78, 5) is 0. The summed E-state index contributed by atoms with van der Waals surface area (Å²) in [6.45, 7) is 0. The van der Waals surface area contributed by atoms with E-state index in [1.807, 2.05) is 66.7 Å². The van der Waals surface area contributed by atoms with Crippen molar-refractivity contribution < 1.29 is 0 Å². The maximum atomic E-state index is 10.6. The Hall–Kier alpha value is -7.39. The van der Waals surface area contributed by atoms with E-state index in [1.54, 1.807) is 0 Å². The number of aromatic nitrogens is 2. The summed E-state index contributed by atoms with van der Waals surface area (Å²) < 4.78 is 4.43. The first kappa shape index (κ1) is 28.8. The third kappa shape index (κ3) is 4.31. The number of fused-ring (bicyclic) bond motifs is 6. The molecule has 0 saturated heterocycles. The molecule has 7 aromatic carbocycles. The second-order valence-corrected chi connectivity index (χ2v) is 12.3. The van der Waals surface area contributed by atoms with E-state index in [9.17, 15) is 15.8 Å². The summed E-state index contributed by atoms with van der Waals surface area (Å²) >= 11 is 0. The van der Waals surface area contributed by atoms with Crippen molar-refractivity contribution in [3.63, 3.8) is 0 Å². The predicted octanol–water partition coefficient (Wildman–Crippen LogP) is 10.8. The first-order valence-corrected chi connectivity index (χ1v) is 16.3. The molecule has 0 aliphatic heterocycles. The van der Waals surface area contributed by atoms with Crippen LogP contribution in [-0.2, 0) is 0 Å². The van der Waals surface area contributed by atoms with Crippen LogP contribution in [0.2, 0.25) is 0 Å². The van der Waals surface area contributed by atoms with E-state index in [0.29, 0.717) is 22.3 Å². The molecule has 5 nitrogen and oxygen atoms in total. The lowest BCUT2D eigenvalue weighted by molar-refractivity contribution is 1.18. The highest BCUT2D eigenvalue weighted by molar-refractivity contribution is 6.11. The van der Waals surface area contributed by atoms with Gasteiger partial charge in [0.1, 0.15) is 0 Å². The predicted molar refractivity (Wildman–Crippen MR) is 200 cm³/mol. The molecule has 0 radical (unpaired) electrons. The normalized spacial score (nSPS) is 11.1. The second kappa shape index (κ2) is 11.4. The minimum Gasteiger partial charge on any atom is -0.309 e. The van der Waals surface area contributed by atoms with Crippen molar-refractivity contribution in [1.29, 1.82) is 15.8 Å². The van der Waals surface area contributed by atoms with Gasteiger partial charge < -0.3 is 9.13 Å². The Morgan fingerprint density at radius 3 is 1.52 bits per heavy atom. The lowest BCUT2D eigenvalue weighted by atomic mass is 9.90. The maximum Gasteiger partial charge on any atom is 0.0998 e. The van der Waals surface area contributed by atoms with Gasteiger partial charge in [-0.25, -0.2) is 0 Å². The van der Waals surface area contributed by atoms with E-state index in [-0.39, 0.29) is 0 Å². The van der Waals surface area contributed by atoms with E-state index in [2.05, 4.69) is 112 Å². The molecule has 50 heavy (non-hydrogen) atoms. The van der Waals surface area contributed by atoms with Gasteiger partial charge in [0.15, 0.2) is 0 Å². The van der Waals surface area contributed by atoms with Crippen molar-refractivity contribution in [3.8, 4) is 51.8 Å². The average Bonchev–Trinajstić information content (AvgIpc) is 3.70. The van der Waals surface area contributed by atoms with E-state index in [1.165, 1.54) is 10.8 Å². The molecule has 0 N–H and O–H groups in total. The van der Waals surface area contributed by atoms with Gasteiger partial charge in [0.2, 0.25) is 0 Å². The van der Waals surface area contributed by atoms with Crippen LogP contribution in [0, 0.1) is 34.0 Å². The zero-order valence-corrected chi connectivity index (χ0v) is 26.7. The summed E-state index contributed by atoms with van der Waals surface area (Å²) in [5.74, 6) is 0. The number of para-hydroxylation sites is 4. The monoisotopic (exact) mass is 635 g/mol. The molecule has 5 heteroatoms. The third-order valence-corrected chi connectivity index (χ3v) is 9.63. The van der Waals surface area contributed by atoms with Crippen molar-refractivity contribution in [1.82, 2.24) is 9.13 Å². The van der Waals surface area contributed by atoms with Crippen LogP contribution in [0.4, 0.5) is 0 Å². The summed E-state index contributed by atoms with van der Waals surface area (Å²) in [6.07, 6.45) is 0. The quantitative estimate of drug-likeness (QED) is 0.193. The maximum absolute atomic E-state index is 10.6. The van der Waals surface area contributed by atoms with E-state index in [4.69, 9.17) is 0 Å². The van der Waals surface area contributed by atoms with Crippen LogP contribution < -0.4 is 0 Å². The number of nitrogens with zero attached hydrogens (tertiary/aromatic N) is 5. The van der Waals surface area contributed by atoms with Crippen molar-refractivity contribution in [3.05, 3.63) is 168 Å². The van der Waals surface area contributed by atoms with Gasteiger partial charge in [-0.3, -0.25) is 0 Å². The molecule has 230 valence electrons. The Kier molecular flexibility index (Phi) is 6.56. The number of rotatable bonds is 4. The van der Waals surface area contributed by atoms with Gasteiger partial charge >= 0.3 is 0 Å². The smallest absolute Gasteiger partial charge is 0.0998 e. The SMILES string of the molecule is N#Cc1ccc2c(c1)c1ccccc1n2-c1ccccc1-c1c(C#N)cc(-c2ccc(-n3c4ccccc4c4ccccc43)cc2)cc1C#N. The fourth-order valence-electron chi connectivity index (χ4n) is 7.46. The van der Waals surface area contributed by atoms with Crippen molar-refractivity contribution >= 4 is 43.6 Å². The fourth-order valence-corrected chi connectivity index (χ4v) is 7.46. The Balaban J connectivity index is 1.19. The van der Waals surface area contributed by atoms with Crippen LogP contribution in [0.15, 0.2) is 152 Å². The largest absolute Gasteiger partial charge is 0.309 e. The number of hydrogen-bond donors (Lipinski definition) is 0. The van der Waals surface area contributed by atoms with Crippen LogP contribution in [-0.4, -0.2) is 9.13 Å². The zero-order chi connectivity index (χ0) is 33.8. The minimum absolute atomic E-state index is 0.422. The topological polar surface area (TPSA) is 81.2 Å². The minimum atomic E-state index is 0.422. The summed E-state index contributed by atoms with van der Waals surface area (Å²) in [5, 5.41) is 35.1. The van der Waals surface area contributed by atoms with Gasteiger partial charge in [-0.1, -0.05) is 84.9 Å². The molecule has 9 aromatic rings. The third-order valence-electron chi connectivity index (χ3n) is 9.63. The summed E-state index contributed by atoms with van der Waals surface area (Å²) in [7, 11) is 0. The zero-order valence-electron chi connectivity index (χ0n) is 26.7. The fraction of sp³-hybridized carbons (Fsp3) is 0. The molecule has 0 amide bonds. The lowest BCUT2D eigenvalue weighted by Gasteiger charge is -2.17. The molecule has 0 fully saturated rings. The van der Waals surface area contributed by atoms with E-state index in [0.717, 1.165) is 60.9 Å². The second-order valence-electron chi connectivity index (χ2n) is 12.3. The lowest BCUT2D eigenvalue weighted by Crippen LogP contribution is -2.00. The van der Waals surface area contributed by atoms with Crippen LogP contribution in [0.25, 0.3) is 77.2 Å². The molecule has 0 atom stereocenters. The number of benzene rings is 7. The molecular formula is C45H25N5. The van der Waals surface area contributed by atoms with Gasteiger partial charge in [-0.15, -0.1) is 0 Å². The van der Waals surface area contributed by atoms with Crippen LogP contribution in [0.1, 0.15) is 16.7 Å². The average molecular weight is 636 g/mol. The van der Waals surface area contributed by atoms with Crippen LogP contribution >= 0.6 is 0 Å². The van der Waals surface area contributed by atoms with Gasteiger partial charge in [-0.2, -0.15) is 15.8 Å². The van der Waals surface area contributed by atoms with Gasteiger partial charge in [-0.05, 0) is 77.9 Å². The molecular weight excluding hydrogens is 611 g/mol. The standard InChI is InChI=1S/C45H25N5/c46-26-29-17-22-44-39(23-29)37-11-3-7-15-42(37)50(44)43-16-8-4-12-38(43)45-32(27-47)24-31(25-33(45)28-48)30-18-20-34(21-19-30)49-40-13-5-1-9-35(40)36-10-2-6-14-41(36)49/h1-25H.